The molecule has 0 atom stereocenters. The van der Waals surface area contributed by atoms with Crippen LogP contribution in [0.2, 0.25) is 0 Å². The normalized spacial score (nSPS) is 10.3. The molecule has 0 spiro atoms. The van der Waals surface area contributed by atoms with E-state index >= 15 is 0 Å². The highest BCUT2D eigenvalue weighted by atomic mass is 16.4. The van der Waals surface area contributed by atoms with E-state index in [4.69, 9.17) is 8.83 Å². The standard InChI is InChI=1S/C12H12O2.C11H10O2.C2H6/c1-8(2)10-7-9-5-3-4-6-11(9)14-12(10)13;1-2-8-3-5-10-9(7-8)4-6-11(12)13-10;1-2/h3-8H,1-2H3;3-7H,2H2,1H3;1-2H3. The zero-order valence-electron chi connectivity index (χ0n) is 17.7. The largest absolute Gasteiger partial charge is 0.423 e. The zero-order valence-corrected chi connectivity index (χ0v) is 17.7. The molecule has 4 aromatic rings. The maximum atomic E-state index is 11.5. The van der Waals surface area contributed by atoms with Gasteiger partial charge in [0, 0.05) is 22.4 Å². The monoisotopic (exact) mass is 392 g/mol. The molecule has 2 heterocycles. The van der Waals surface area contributed by atoms with Crippen LogP contribution in [0.15, 0.2) is 79.1 Å². The Kier molecular flexibility index (Phi) is 7.96. The van der Waals surface area contributed by atoms with E-state index in [1.54, 1.807) is 12.1 Å². The maximum absolute atomic E-state index is 11.5. The zero-order chi connectivity index (χ0) is 21.4. The lowest BCUT2D eigenvalue weighted by Crippen LogP contribution is -2.08. The second-order valence-corrected chi connectivity index (χ2v) is 6.66. The Morgan fingerprint density at radius 1 is 0.793 bits per heavy atom. The molecule has 0 amide bonds. The first-order chi connectivity index (χ1) is 14.0. The van der Waals surface area contributed by atoms with Gasteiger partial charge >= 0.3 is 11.3 Å². The molecule has 0 saturated heterocycles. The summed E-state index contributed by atoms with van der Waals surface area (Å²) < 4.78 is 10.2. The number of fused-ring (bicyclic) bond motifs is 2. The van der Waals surface area contributed by atoms with Crippen LogP contribution in [0, 0.1) is 0 Å². The first-order valence-corrected chi connectivity index (χ1v) is 10.0. The second kappa shape index (κ2) is 10.4. The van der Waals surface area contributed by atoms with E-state index in [-0.39, 0.29) is 17.2 Å². The van der Waals surface area contributed by atoms with Crippen LogP contribution < -0.4 is 11.3 Å². The minimum Gasteiger partial charge on any atom is -0.423 e. The van der Waals surface area contributed by atoms with Crippen molar-refractivity contribution >= 4 is 21.9 Å². The van der Waals surface area contributed by atoms with Crippen molar-refractivity contribution in [1.82, 2.24) is 0 Å². The Morgan fingerprint density at radius 3 is 2.14 bits per heavy atom. The summed E-state index contributed by atoms with van der Waals surface area (Å²) in [7, 11) is 0. The van der Waals surface area contributed by atoms with Gasteiger partial charge < -0.3 is 8.83 Å². The molecule has 4 nitrogen and oxygen atoms in total. The summed E-state index contributed by atoms with van der Waals surface area (Å²) in [5.41, 5.74) is 2.78. The van der Waals surface area contributed by atoms with Crippen LogP contribution >= 0.6 is 0 Å². The summed E-state index contributed by atoms with van der Waals surface area (Å²) in [6.45, 7) is 10.1. The van der Waals surface area contributed by atoms with Crippen LogP contribution in [0.4, 0.5) is 0 Å². The van der Waals surface area contributed by atoms with Crippen LogP contribution in [0.3, 0.4) is 0 Å². The molecular weight excluding hydrogens is 364 g/mol. The number of hydrogen-bond acceptors (Lipinski definition) is 4. The fraction of sp³-hybridized carbons (Fsp3) is 0.280. The van der Waals surface area contributed by atoms with Crippen LogP contribution in [0.5, 0.6) is 0 Å². The number of benzene rings is 2. The summed E-state index contributed by atoms with van der Waals surface area (Å²) in [6.07, 6.45) is 0.995. The Labute approximate surface area is 170 Å². The number of aryl methyl sites for hydroxylation is 1. The number of hydrogen-bond donors (Lipinski definition) is 0. The molecule has 2 aromatic carbocycles. The van der Waals surface area contributed by atoms with Crippen molar-refractivity contribution < 1.29 is 8.83 Å². The minimum atomic E-state index is -0.295. The lowest BCUT2D eigenvalue weighted by molar-refractivity contribution is 0.544. The number of para-hydroxylation sites is 1. The van der Waals surface area contributed by atoms with Crippen molar-refractivity contribution in [3.8, 4) is 0 Å². The van der Waals surface area contributed by atoms with Crippen molar-refractivity contribution in [2.75, 3.05) is 0 Å². The molecule has 4 rings (SSSR count). The van der Waals surface area contributed by atoms with E-state index in [1.165, 1.54) is 11.6 Å². The highest BCUT2D eigenvalue weighted by Gasteiger charge is 2.07. The Hall–Kier alpha value is -3.14. The third-order valence-electron chi connectivity index (χ3n) is 4.38. The first kappa shape index (κ1) is 22.2. The van der Waals surface area contributed by atoms with E-state index in [9.17, 15) is 9.59 Å². The summed E-state index contributed by atoms with van der Waals surface area (Å²) in [4.78, 5) is 22.4. The summed E-state index contributed by atoms with van der Waals surface area (Å²) in [5, 5.41) is 1.97. The predicted molar refractivity (Wildman–Crippen MR) is 120 cm³/mol. The third-order valence-corrected chi connectivity index (χ3v) is 4.38. The lowest BCUT2D eigenvalue weighted by atomic mass is 10.0. The molecule has 2 aromatic heterocycles. The number of rotatable bonds is 2. The van der Waals surface area contributed by atoms with Crippen molar-refractivity contribution in [3.63, 3.8) is 0 Å². The molecule has 0 radical (unpaired) electrons. The second-order valence-electron chi connectivity index (χ2n) is 6.66. The molecule has 29 heavy (non-hydrogen) atoms. The fourth-order valence-corrected chi connectivity index (χ4v) is 2.82. The van der Waals surface area contributed by atoms with E-state index in [1.807, 2.05) is 70.2 Å². The van der Waals surface area contributed by atoms with Gasteiger partial charge in [-0.1, -0.05) is 58.9 Å². The molecule has 0 fully saturated rings. The summed E-state index contributed by atoms with van der Waals surface area (Å²) in [6, 6.07) is 18.6. The van der Waals surface area contributed by atoms with Crippen molar-refractivity contribution in [2.45, 2.75) is 47.0 Å². The highest BCUT2D eigenvalue weighted by Crippen LogP contribution is 2.17. The third kappa shape index (κ3) is 5.67. The summed E-state index contributed by atoms with van der Waals surface area (Å²) in [5.74, 6) is 0.204. The Morgan fingerprint density at radius 2 is 1.45 bits per heavy atom. The van der Waals surface area contributed by atoms with Gasteiger partial charge in [0.25, 0.3) is 0 Å². The fourth-order valence-electron chi connectivity index (χ4n) is 2.82. The van der Waals surface area contributed by atoms with Gasteiger partial charge in [-0.2, -0.15) is 0 Å². The maximum Gasteiger partial charge on any atom is 0.339 e. The highest BCUT2D eigenvalue weighted by molar-refractivity contribution is 5.77. The Balaban J connectivity index is 0.000000191. The van der Waals surface area contributed by atoms with Crippen molar-refractivity contribution in [1.29, 1.82) is 0 Å². The SMILES string of the molecule is CC.CC(C)c1cc2ccccc2oc1=O.CCc1ccc2oc(=O)ccc2c1. The van der Waals surface area contributed by atoms with E-state index in [0.29, 0.717) is 11.2 Å². The molecule has 152 valence electrons. The van der Waals surface area contributed by atoms with Crippen LogP contribution in [-0.4, -0.2) is 0 Å². The average Bonchev–Trinajstić information content (AvgIpc) is 2.74. The van der Waals surface area contributed by atoms with Gasteiger partial charge in [0.1, 0.15) is 11.2 Å². The smallest absolute Gasteiger partial charge is 0.339 e. The predicted octanol–water partition coefficient (Wildman–Crippen LogP) is 6.30. The van der Waals surface area contributed by atoms with Gasteiger partial charge in [-0.3, -0.25) is 0 Å². The van der Waals surface area contributed by atoms with E-state index in [0.717, 1.165) is 22.8 Å². The van der Waals surface area contributed by atoms with Gasteiger partial charge in [0.05, 0.1) is 0 Å². The molecule has 0 aliphatic carbocycles. The van der Waals surface area contributed by atoms with Crippen LogP contribution in [-0.2, 0) is 6.42 Å². The van der Waals surface area contributed by atoms with Gasteiger partial charge in [-0.15, -0.1) is 0 Å². The van der Waals surface area contributed by atoms with Gasteiger partial charge in [0.2, 0.25) is 0 Å². The topological polar surface area (TPSA) is 60.4 Å². The Bertz CT molecular complexity index is 1180. The molecule has 0 aliphatic heterocycles. The summed E-state index contributed by atoms with van der Waals surface area (Å²) >= 11 is 0. The van der Waals surface area contributed by atoms with Crippen molar-refractivity contribution in [2.24, 2.45) is 0 Å². The van der Waals surface area contributed by atoms with E-state index < -0.39 is 0 Å². The van der Waals surface area contributed by atoms with Gasteiger partial charge in [-0.05, 0) is 48.2 Å². The molecule has 0 unspecified atom stereocenters. The first-order valence-electron chi connectivity index (χ1n) is 10.0. The van der Waals surface area contributed by atoms with Crippen LogP contribution in [0.1, 0.15) is 51.7 Å². The molecule has 0 bridgehead atoms. The molecule has 0 N–H and O–H groups in total. The molecule has 0 aliphatic rings. The quantitative estimate of drug-likeness (QED) is 0.376. The van der Waals surface area contributed by atoms with Crippen molar-refractivity contribution in [3.05, 3.63) is 92.6 Å². The van der Waals surface area contributed by atoms with E-state index in [2.05, 4.69) is 6.92 Å². The van der Waals surface area contributed by atoms with Gasteiger partial charge in [-0.25, -0.2) is 9.59 Å². The van der Waals surface area contributed by atoms with Gasteiger partial charge in [0.15, 0.2) is 0 Å². The lowest BCUT2D eigenvalue weighted by Gasteiger charge is -2.03. The van der Waals surface area contributed by atoms with Crippen LogP contribution in [0.25, 0.3) is 21.9 Å². The average molecular weight is 392 g/mol. The molecular formula is C25H28O4. The molecule has 0 saturated carbocycles. The minimum absolute atomic E-state index is 0.204. The molecule has 4 heteroatoms.